The lowest BCUT2D eigenvalue weighted by Crippen LogP contribution is -2.11. The third kappa shape index (κ3) is 4.07. The van der Waals surface area contributed by atoms with Gasteiger partial charge in [-0.25, -0.2) is 4.79 Å². The molecule has 0 aliphatic carbocycles. The minimum atomic E-state index is -1.15. The highest BCUT2D eigenvalue weighted by molar-refractivity contribution is 6.31. The third-order valence-corrected chi connectivity index (χ3v) is 2.26. The molecule has 0 unspecified atom stereocenters. The Labute approximate surface area is 110 Å². The van der Waals surface area contributed by atoms with Crippen molar-refractivity contribution in [2.24, 2.45) is 0 Å². The number of anilines is 1. The molecule has 1 aromatic carbocycles. The number of hydrogen-bond acceptors (Lipinski definition) is 2. The van der Waals surface area contributed by atoms with E-state index in [1.54, 1.807) is 18.2 Å². The molecule has 18 heavy (non-hydrogen) atoms. The average Bonchev–Trinajstić information content (AvgIpc) is 2.31. The van der Waals surface area contributed by atoms with Gasteiger partial charge in [0.15, 0.2) is 0 Å². The molecule has 0 saturated heterocycles. The smallest absolute Gasteiger partial charge is 0.337 e. The molecule has 0 aromatic heterocycles. The van der Waals surface area contributed by atoms with Crippen LogP contribution in [0.3, 0.4) is 0 Å². The van der Waals surface area contributed by atoms with Crippen LogP contribution in [-0.2, 0) is 4.79 Å². The zero-order valence-electron chi connectivity index (χ0n) is 9.68. The zero-order valence-corrected chi connectivity index (χ0v) is 10.4. The second-order valence-electron chi connectivity index (χ2n) is 3.37. The maximum atomic E-state index is 11.5. The lowest BCUT2D eigenvalue weighted by molar-refractivity contribution is -0.111. The van der Waals surface area contributed by atoms with Gasteiger partial charge >= 0.3 is 5.97 Å². The molecule has 0 heterocycles. The maximum Gasteiger partial charge on any atom is 0.337 e. The molecule has 0 fully saturated rings. The van der Waals surface area contributed by atoms with Crippen LogP contribution >= 0.6 is 11.6 Å². The number of rotatable bonds is 4. The van der Waals surface area contributed by atoms with E-state index in [2.05, 4.69) is 5.32 Å². The third-order valence-electron chi connectivity index (χ3n) is 2.02. The highest BCUT2D eigenvalue weighted by Gasteiger charge is 2.11. The summed E-state index contributed by atoms with van der Waals surface area (Å²) in [4.78, 5) is 22.5. The van der Waals surface area contributed by atoms with E-state index in [4.69, 9.17) is 16.7 Å². The molecule has 1 rings (SSSR count). The summed E-state index contributed by atoms with van der Waals surface area (Å²) in [5.41, 5.74) is 0.164. The number of halogens is 1. The first-order valence-electron chi connectivity index (χ1n) is 5.17. The fourth-order valence-electron chi connectivity index (χ4n) is 1.23. The number of carboxylic acids is 1. The number of carbonyl (C=O) groups is 2. The predicted molar refractivity (Wildman–Crippen MR) is 71.0 cm³/mol. The van der Waals surface area contributed by atoms with Crippen LogP contribution in [0.2, 0.25) is 5.02 Å². The molecule has 1 amide bonds. The van der Waals surface area contributed by atoms with Gasteiger partial charge in [0.25, 0.3) is 0 Å². The van der Waals surface area contributed by atoms with E-state index < -0.39 is 11.9 Å². The number of aromatic carboxylic acids is 1. The summed E-state index contributed by atoms with van der Waals surface area (Å²) in [7, 11) is 0. The number of nitrogens with one attached hydrogen (secondary N) is 1. The summed E-state index contributed by atoms with van der Waals surface area (Å²) in [5.74, 6) is -1.55. The zero-order chi connectivity index (χ0) is 13.5. The molecule has 0 bridgehead atoms. The number of amides is 1. The van der Waals surface area contributed by atoms with Crippen LogP contribution in [0.1, 0.15) is 17.3 Å². The molecule has 1 aromatic rings. The highest BCUT2D eigenvalue weighted by Crippen LogP contribution is 2.20. The Morgan fingerprint density at radius 2 is 2.06 bits per heavy atom. The van der Waals surface area contributed by atoms with E-state index >= 15 is 0 Å². The predicted octanol–water partition coefficient (Wildman–Crippen LogP) is 3.11. The Balaban J connectivity index is 2.90. The van der Waals surface area contributed by atoms with Gasteiger partial charge in [-0.1, -0.05) is 29.8 Å². The number of carbonyl (C=O) groups excluding carboxylic acids is 1. The molecule has 0 aliphatic heterocycles. The largest absolute Gasteiger partial charge is 0.478 e. The van der Waals surface area contributed by atoms with Crippen molar-refractivity contribution in [3.8, 4) is 0 Å². The van der Waals surface area contributed by atoms with Crippen LogP contribution in [0.25, 0.3) is 0 Å². The number of hydrogen-bond donors (Lipinski definition) is 2. The Hall–Kier alpha value is -2.07. The molecule has 0 atom stereocenters. The van der Waals surface area contributed by atoms with Gasteiger partial charge in [-0.2, -0.15) is 0 Å². The summed E-state index contributed by atoms with van der Waals surface area (Å²) in [6.45, 7) is 1.82. The van der Waals surface area contributed by atoms with E-state index in [0.29, 0.717) is 5.02 Å². The van der Waals surface area contributed by atoms with Crippen LogP contribution in [0.15, 0.2) is 42.5 Å². The lowest BCUT2D eigenvalue weighted by Gasteiger charge is -2.06. The van der Waals surface area contributed by atoms with E-state index in [1.807, 2.05) is 6.92 Å². The normalized spacial score (nSPS) is 11.0. The summed E-state index contributed by atoms with van der Waals surface area (Å²) in [5, 5.41) is 11.8. The van der Waals surface area contributed by atoms with Crippen LogP contribution in [0.5, 0.6) is 0 Å². The van der Waals surface area contributed by atoms with Gasteiger partial charge in [-0.3, -0.25) is 4.79 Å². The molecule has 5 heteroatoms. The number of benzene rings is 1. The summed E-state index contributed by atoms with van der Waals surface area (Å²) in [6.07, 6.45) is 6.33. The Bertz CT molecular complexity index is 521. The van der Waals surface area contributed by atoms with Gasteiger partial charge in [0, 0.05) is 11.1 Å². The molecule has 2 N–H and O–H groups in total. The van der Waals surface area contributed by atoms with Crippen molar-refractivity contribution >= 4 is 29.2 Å². The van der Waals surface area contributed by atoms with Crippen molar-refractivity contribution < 1.29 is 14.7 Å². The monoisotopic (exact) mass is 265 g/mol. The van der Waals surface area contributed by atoms with Crippen LogP contribution < -0.4 is 5.32 Å². The van der Waals surface area contributed by atoms with E-state index in [-0.39, 0.29) is 11.3 Å². The van der Waals surface area contributed by atoms with Crippen LogP contribution in [0.4, 0.5) is 5.69 Å². The summed E-state index contributed by atoms with van der Waals surface area (Å²) in [6, 6.07) is 4.25. The first kappa shape index (κ1) is 14.0. The molecule has 0 aliphatic rings. The number of carboxylic acid groups (broad SMARTS) is 1. The van der Waals surface area contributed by atoms with E-state index in [1.165, 1.54) is 24.3 Å². The van der Waals surface area contributed by atoms with E-state index in [9.17, 15) is 9.59 Å². The van der Waals surface area contributed by atoms with Gasteiger partial charge in [0.2, 0.25) is 5.91 Å². The minimum Gasteiger partial charge on any atom is -0.478 e. The Morgan fingerprint density at radius 3 is 2.67 bits per heavy atom. The minimum absolute atomic E-state index is 0.0460. The summed E-state index contributed by atoms with van der Waals surface area (Å²) < 4.78 is 0. The highest BCUT2D eigenvalue weighted by atomic mass is 35.5. The van der Waals surface area contributed by atoms with Crippen LogP contribution in [0, 0.1) is 0 Å². The average molecular weight is 266 g/mol. The topological polar surface area (TPSA) is 66.4 Å². The molecular weight excluding hydrogens is 254 g/mol. The Kier molecular flexibility index (Phi) is 5.14. The van der Waals surface area contributed by atoms with Crippen molar-refractivity contribution in [3.63, 3.8) is 0 Å². The molecule has 0 saturated carbocycles. The quantitative estimate of drug-likeness (QED) is 0.649. The van der Waals surface area contributed by atoms with Crippen molar-refractivity contribution in [2.45, 2.75) is 6.92 Å². The Morgan fingerprint density at radius 1 is 1.33 bits per heavy atom. The van der Waals surface area contributed by atoms with E-state index in [0.717, 1.165) is 0 Å². The van der Waals surface area contributed by atoms with Crippen LogP contribution in [-0.4, -0.2) is 17.0 Å². The molecule has 94 valence electrons. The molecule has 4 nitrogen and oxygen atoms in total. The van der Waals surface area contributed by atoms with Gasteiger partial charge in [0.05, 0.1) is 11.3 Å². The van der Waals surface area contributed by atoms with Crippen molar-refractivity contribution in [2.75, 3.05) is 5.32 Å². The fourth-order valence-corrected chi connectivity index (χ4v) is 1.40. The summed E-state index contributed by atoms with van der Waals surface area (Å²) >= 11 is 5.70. The van der Waals surface area contributed by atoms with Crippen molar-refractivity contribution in [1.29, 1.82) is 0 Å². The first-order chi connectivity index (χ1) is 8.54. The van der Waals surface area contributed by atoms with Crippen molar-refractivity contribution in [3.05, 3.63) is 53.1 Å². The molecule has 0 spiro atoms. The SMILES string of the molecule is C/C=C/C=C/C(=O)Nc1ccc(Cl)cc1C(=O)O. The fraction of sp³-hybridized carbons (Fsp3) is 0.0769. The van der Waals surface area contributed by atoms with Gasteiger partial charge in [0.1, 0.15) is 0 Å². The molecule has 0 radical (unpaired) electrons. The second kappa shape index (κ2) is 6.61. The standard InChI is InChI=1S/C13H12ClNO3/c1-2-3-4-5-12(16)15-11-7-6-9(14)8-10(11)13(17)18/h2-8H,1H3,(H,15,16)(H,17,18)/b3-2+,5-4+. The second-order valence-corrected chi connectivity index (χ2v) is 3.81. The van der Waals surface area contributed by atoms with Crippen molar-refractivity contribution in [1.82, 2.24) is 0 Å². The number of allylic oxidation sites excluding steroid dienone is 3. The van der Waals surface area contributed by atoms with Gasteiger partial charge in [-0.15, -0.1) is 0 Å². The lowest BCUT2D eigenvalue weighted by atomic mass is 10.2. The first-order valence-corrected chi connectivity index (χ1v) is 5.55. The molecular formula is C13H12ClNO3. The van der Waals surface area contributed by atoms with Gasteiger partial charge < -0.3 is 10.4 Å². The maximum absolute atomic E-state index is 11.5. The van der Waals surface area contributed by atoms with Gasteiger partial charge in [-0.05, 0) is 25.1 Å².